The van der Waals surface area contributed by atoms with Gasteiger partial charge >= 0.3 is 11.9 Å². The highest BCUT2D eigenvalue weighted by molar-refractivity contribution is 6.37. The van der Waals surface area contributed by atoms with Crippen molar-refractivity contribution in [2.24, 2.45) is 0 Å². The Bertz CT molecular complexity index is 2250. The van der Waals surface area contributed by atoms with Gasteiger partial charge in [0.2, 0.25) is 0 Å². The van der Waals surface area contributed by atoms with Gasteiger partial charge in [0.05, 0.1) is 12.6 Å². The van der Waals surface area contributed by atoms with Crippen LogP contribution in [0.4, 0.5) is 5.69 Å². The molecule has 10 nitrogen and oxygen atoms in total. The average Bonchev–Trinajstić information content (AvgIpc) is 3.86. The summed E-state index contributed by atoms with van der Waals surface area (Å²) in [7, 11) is 1.17. The number of nitrogens with one attached hydrogen (secondary N) is 1. The number of amides is 1. The van der Waals surface area contributed by atoms with Crippen LogP contribution in [0, 0.1) is 0 Å². The topological polar surface area (TPSA) is 113 Å². The van der Waals surface area contributed by atoms with E-state index in [4.69, 9.17) is 19.9 Å². The third-order valence-corrected chi connectivity index (χ3v) is 9.57. The molecule has 5 aromatic carbocycles. The van der Waals surface area contributed by atoms with E-state index in [9.17, 15) is 9.59 Å². The standard InChI is InChI=1S/C42H36N6O4/c1-51-41(50)40(49)44-34-21-13-14-29(26-34)38-35-27-30(23-24-36(35)48(45-38)37-22-11-12-25-52-37)39-43-28-47(46-39)42(31-15-5-2-6-16-31,32-17-7-3-8-18-32)33-19-9-4-10-20-33/h2-10,13-21,23-24,26-28,37H,11-12,22,25H2,1H3,(H,44,49). The van der Waals surface area contributed by atoms with Crippen LogP contribution in [-0.4, -0.2) is 50.1 Å². The molecule has 10 heteroatoms. The molecule has 0 bridgehead atoms. The van der Waals surface area contributed by atoms with Crippen LogP contribution in [-0.2, 0) is 24.6 Å². The molecule has 1 atom stereocenters. The van der Waals surface area contributed by atoms with Crippen molar-refractivity contribution in [1.82, 2.24) is 24.5 Å². The third-order valence-electron chi connectivity index (χ3n) is 9.57. The number of esters is 1. The van der Waals surface area contributed by atoms with Gasteiger partial charge < -0.3 is 14.8 Å². The summed E-state index contributed by atoms with van der Waals surface area (Å²) in [5, 5.41) is 13.8. The van der Waals surface area contributed by atoms with E-state index in [1.54, 1.807) is 18.5 Å². The van der Waals surface area contributed by atoms with Gasteiger partial charge in [0.1, 0.15) is 17.6 Å². The number of carbonyl (C=O) groups is 2. The molecular weight excluding hydrogens is 652 g/mol. The fourth-order valence-corrected chi connectivity index (χ4v) is 7.14. The Kier molecular flexibility index (Phi) is 8.88. The number of nitrogens with zero attached hydrogens (tertiary/aromatic N) is 5. The quantitative estimate of drug-likeness (QED) is 0.0994. The van der Waals surface area contributed by atoms with E-state index in [0.717, 1.165) is 58.0 Å². The predicted molar refractivity (Wildman–Crippen MR) is 198 cm³/mol. The van der Waals surface area contributed by atoms with Gasteiger partial charge in [-0.05, 0) is 66.3 Å². The van der Waals surface area contributed by atoms with E-state index >= 15 is 0 Å². The van der Waals surface area contributed by atoms with Gasteiger partial charge in [-0.1, -0.05) is 103 Å². The highest BCUT2D eigenvalue weighted by Crippen LogP contribution is 2.41. The molecule has 3 heterocycles. The summed E-state index contributed by atoms with van der Waals surface area (Å²) in [5.41, 5.74) is 5.97. The molecule has 258 valence electrons. The zero-order valence-electron chi connectivity index (χ0n) is 28.6. The van der Waals surface area contributed by atoms with Gasteiger partial charge in [-0.3, -0.25) is 4.79 Å². The van der Waals surface area contributed by atoms with Crippen LogP contribution in [0.5, 0.6) is 0 Å². The van der Waals surface area contributed by atoms with Crippen molar-refractivity contribution in [2.75, 3.05) is 19.0 Å². The van der Waals surface area contributed by atoms with Gasteiger partial charge in [-0.15, -0.1) is 5.10 Å². The molecule has 1 aliphatic heterocycles. The molecule has 0 radical (unpaired) electrons. The Hall–Kier alpha value is -6.39. The smallest absolute Gasteiger partial charge is 0.396 e. The first kappa shape index (κ1) is 32.8. The summed E-state index contributed by atoms with van der Waals surface area (Å²) < 4.78 is 14.7. The van der Waals surface area contributed by atoms with Crippen molar-refractivity contribution < 1.29 is 19.1 Å². The van der Waals surface area contributed by atoms with Crippen LogP contribution < -0.4 is 5.32 Å². The molecule has 1 fully saturated rings. The second kappa shape index (κ2) is 14.1. The van der Waals surface area contributed by atoms with Crippen LogP contribution >= 0.6 is 0 Å². The second-order valence-electron chi connectivity index (χ2n) is 12.7. The van der Waals surface area contributed by atoms with Crippen molar-refractivity contribution in [2.45, 2.75) is 31.0 Å². The van der Waals surface area contributed by atoms with E-state index in [1.165, 1.54) is 7.11 Å². The first-order chi connectivity index (χ1) is 25.6. The maximum Gasteiger partial charge on any atom is 0.396 e. The number of carbonyl (C=O) groups excluding carboxylic acids is 2. The molecule has 0 aliphatic carbocycles. The third kappa shape index (κ3) is 5.92. The molecule has 0 spiro atoms. The van der Waals surface area contributed by atoms with Gasteiger partial charge in [0, 0.05) is 28.8 Å². The molecule has 2 aromatic heterocycles. The fourth-order valence-electron chi connectivity index (χ4n) is 7.14. The number of hydrogen-bond acceptors (Lipinski definition) is 7. The van der Waals surface area contributed by atoms with E-state index in [0.29, 0.717) is 23.8 Å². The second-order valence-corrected chi connectivity index (χ2v) is 12.7. The van der Waals surface area contributed by atoms with Crippen molar-refractivity contribution in [1.29, 1.82) is 0 Å². The number of methoxy groups -OCH3 is 1. The van der Waals surface area contributed by atoms with Gasteiger partial charge in [0.25, 0.3) is 0 Å². The molecule has 1 saturated heterocycles. The minimum Gasteiger partial charge on any atom is -0.462 e. The largest absolute Gasteiger partial charge is 0.462 e. The lowest BCUT2D eigenvalue weighted by atomic mass is 9.77. The number of fused-ring (bicyclic) bond motifs is 1. The summed E-state index contributed by atoms with van der Waals surface area (Å²) in [5.74, 6) is -1.27. The lowest BCUT2D eigenvalue weighted by Crippen LogP contribution is -2.38. The molecule has 7 aromatic rings. The van der Waals surface area contributed by atoms with Crippen LogP contribution in [0.1, 0.15) is 42.2 Å². The molecular formula is C42H36N6O4. The minimum absolute atomic E-state index is 0.210. The normalized spacial score (nSPS) is 14.6. The van der Waals surface area contributed by atoms with Crippen LogP contribution in [0.25, 0.3) is 33.5 Å². The number of anilines is 1. The molecule has 1 unspecified atom stereocenters. The minimum atomic E-state index is -0.970. The maximum absolute atomic E-state index is 12.3. The highest BCUT2D eigenvalue weighted by atomic mass is 16.5. The molecule has 1 amide bonds. The lowest BCUT2D eigenvalue weighted by Gasteiger charge is -2.35. The first-order valence-corrected chi connectivity index (χ1v) is 17.3. The Morgan fingerprint density at radius 3 is 2.06 bits per heavy atom. The fraction of sp³-hybridized carbons (Fsp3) is 0.167. The van der Waals surface area contributed by atoms with E-state index in [2.05, 4.69) is 52.5 Å². The first-order valence-electron chi connectivity index (χ1n) is 17.3. The van der Waals surface area contributed by atoms with Gasteiger partial charge in [0.15, 0.2) is 12.1 Å². The highest BCUT2D eigenvalue weighted by Gasteiger charge is 2.39. The Balaban J connectivity index is 1.27. The summed E-state index contributed by atoms with van der Waals surface area (Å²) in [4.78, 5) is 29.1. The Morgan fingerprint density at radius 1 is 0.769 bits per heavy atom. The summed E-state index contributed by atoms with van der Waals surface area (Å²) in [6, 6.07) is 44.5. The van der Waals surface area contributed by atoms with Crippen molar-refractivity contribution in [3.63, 3.8) is 0 Å². The number of benzene rings is 5. The number of hydrogen-bond donors (Lipinski definition) is 1. The average molecular weight is 689 g/mol. The molecule has 0 saturated carbocycles. The Labute approximate surface area is 300 Å². The summed E-state index contributed by atoms with van der Waals surface area (Å²) >= 11 is 0. The van der Waals surface area contributed by atoms with E-state index < -0.39 is 17.4 Å². The molecule has 8 rings (SSSR count). The van der Waals surface area contributed by atoms with Gasteiger partial charge in [-0.2, -0.15) is 5.10 Å². The maximum atomic E-state index is 12.3. The zero-order chi connectivity index (χ0) is 35.5. The monoisotopic (exact) mass is 688 g/mol. The number of aromatic nitrogens is 5. The molecule has 52 heavy (non-hydrogen) atoms. The van der Waals surface area contributed by atoms with Crippen molar-refractivity contribution in [3.05, 3.63) is 156 Å². The van der Waals surface area contributed by atoms with E-state index in [1.807, 2.05) is 88.2 Å². The van der Waals surface area contributed by atoms with E-state index in [-0.39, 0.29) is 6.23 Å². The van der Waals surface area contributed by atoms with Crippen LogP contribution in [0.15, 0.2) is 140 Å². The number of rotatable bonds is 8. The number of ether oxygens (including phenoxy) is 2. The SMILES string of the molecule is COC(=O)C(=O)Nc1cccc(-c2nn(C3CCCCO3)c3ccc(-c4ncn(C(c5ccccc5)(c5ccccc5)c5ccccc5)n4)cc23)c1. The van der Waals surface area contributed by atoms with Crippen molar-refractivity contribution in [3.8, 4) is 22.6 Å². The predicted octanol–water partition coefficient (Wildman–Crippen LogP) is 7.61. The van der Waals surface area contributed by atoms with Crippen LogP contribution in [0.2, 0.25) is 0 Å². The molecule has 1 aliphatic rings. The lowest BCUT2D eigenvalue weighted by molar-refractivity contribution is -0.150. The summed E-state index contributed by atoms with van der Waals surface area (Å²) in [6.07, 6.45) is 4.50. The molecule has 1 N–H and O–H groups in total. The van der Waals surface area contributed by atoms with Crippen molar-refractivity contribution >= 4 is 28.5 Å². The van der Waals surface area contributed by atoms with Gasteiger partial charge in [-0.25, -0.2) is 19.1 Å². The van der Waals surface area contributed by atoms with Crippen LogP contribution in [0.3, 0.4) is 0 Å². The zero-order valence-corrected chi connectivity index (χ0v) is 28.6. The summed E-state index contributed by atoms with van der Waals surface area (Å²) in [6.45, 7) is 0.668. The Morgan fingerprint density at radius 2 is 1.44 bits per heavy atom.